The molecule has 0 saturated heterocycles. The van der Waals surface area contributed by atoms with Crippen molar-refractivity contribution in [2.45, 2.75) is 78.2 Å². The zero-order valence-electron chi connectivity index (χ0n) is 13.7. The van der Waals surface area contributed by atoms with Gasteiger partial charge in [-0.05, 0) is 41.2 Å². The van der Waals surface area contributed by atoms with Crippen molar-refractivity contribution < 1.29 is 19.4 Å². The fraction of sp³-hybridized carbons (Fsp3) is 0.929. The maximum absolute atomic E-state index is 11.3. The average Bonchev–Trinajstić information content (AvgIpc) is 2.34. The fourth-order valence-electron chi connectivity index (χ4n) is 1.51. The van der Waals surface area contributed by atoms with Gasteiger partial charge in [0.2, 0.25) is 5.91 Å². The highest BCUT2D eigenvalue weighted by molar-refractivity contribution is 5.73. The van der Waals surface area contributed by atoms with Gasteiger partial charge in [0.25, 0.3) is 0 Å². The van der Waals surface area contributed by atoms with Crippen LogP contribution in [0.3, 0.4) is 0 Å². The molecule has 0 saturated carbocycles. The summed E-state index contributed by atoms with van der Waals surface area (Å²) in [5.41, 5.74) is -0.635. The normalized spacial score (nSPS) is 18.2. The number of amides is 1. The van der Waals surface area contributed by atoms with Gasteiger partial charge in [-0.3, -0.25) is 10.1 Å². The fourth-order valence-corrected chi connectivity index (χ4v) is 1.51. The van der Waals surface area contributed by atoms with Crippen LogP contribution in [0.25, 0.3) is 0 Å². The summed E-state index contributed by atoms with van der Waals surface area (Å²) in [7, 11) is 1.77. The number of carbonyl (C=O) groups is 1. The van der Waals surface area contributed by atoms with E-state index in [2.05, 4.69) is 10.6 Å². The van der Waals surface area contributed by atoms with Gasteiger partial charge in [-0.25, -0.2) is 0 Å². The van der Waals surface area contributed by atoms with Gasteiger partial charge >= 0.3 is 0 Å². The lowest BCUT2D eigenvalue weighted by Crippen LogP contribution is -2.56. The summed E-state index contributed by atoms with van der Waals surface area (Å²) < 4.78 is 11.7. The molecule has 0 bridgehead atoms. The van der Waals surface area contributed by atoms with E-state index in [1.807, 2.05) is 27.7 Å². The highest BCUT2D eigenvalue weighted by atomic mass is 16.7. The number of rotatable bonds is 9. The maximum atomic E-state index is 11.3. The Morgan fingerprint density at radius 3 is 2.25 bits per heavy atom. The van der Waals surface area contributed by atoms with Crippen molar-refractivity contribution in [1.29, 1.82) is 0 Å². The largest absolute Gasteiger partial charge is 0.391 e. The van der Waals surface area contributed by atoms with Crippen LogP contribution >= 0.6 is 0 Å². The van der Waals surface area contributed by atoms with Crippen LogP contribution in [0, 0.1) is 0 Å². The lowest BCUT2D eigenvalue weighted by Gasteiger charge is -2.37. The Balaban J connectivity index is 5.07. The second-order valence-corrected chi connectivity index (χ2v) is 5.57. The molecule has 0 rings (SSSR count). The van der Waals surface area contributed by atoms with Crippen molar-refractivity contribution in [3.63, 3.8) is 0 Å². The highest BCUT2D eigenvalue weighted by Gasteiger charge is 2.33. The van der Waals surface area contributed by atoms with Crippen LogP contribution in [0.1, 0.15) is 48.0 Å². The van der Waals surface area contributed by atoms with Gasteiger partial charge in [0, 0.05) is 6.92 Å². The summed E-state index contributed by atoms with van der Waals surface area (Å²) in [4.78, 5) is 11.3. The summed E-state index contributed by atoms with van der Waals surface area (Å²) in [5, 5.41) is 15.6. The third kappa shape index (κ3) is 7.19. The zero-order valence-corrected chi connectivity index (χ0v) is 13.7. The molecule has 0 spiro atoms. The van der Waals surface area contributed by atoms with Crippen molar-refractivity contribution in [3.05, 3.63) is 0 Å². The van der Waals surface area contributed by atoms with E-state index in [1.54, 1.807) is 14.0 Å². The number of aliphatic hydroxyl groups is 1. The molecule has 120 valence electrons. The molecule has 0 heterocycles. The van der Waals surface area contributed by atoms with Gasteiger partial charge in [0.05, 0.1) is 12.2 Å². The Hall–Kier alpha value is -0.690. The minimum atomic E-state index is -0.791. The van der Waals surface area contributed by atoms with Gasteiger partial charge in [-0.1, -0.05) is 6.92 Å². The number of hydrogen-bond donors (Lipinski definition) is 3. The molecule has 2 unspecified atom stereocenters. The molecular formula is C14H30N2O4. The van der Waals surface area contributed by atoms with E-state index in [1.165, 1.54) is 6.92 Å². The molecule has 0 radical (unpaired) electrons. The minimum absolute atomic E-state index is 0.0392. The Labute approximate surface area is 122 Å². The first kappa shape index (κ1) is 19.3. The van der Waals surface area contributed by atoms with Crippen LogP contribution in [0.2, 0.25) is 0 Å². The van der Waals surface area contributed by atoms with Crippen molar-refractivity contribution in [1.82, 2.24) is 10.6 Å². The van der Waals surface area contributed by atoms with Crippen molar-refractivity contribution >= 4 is 5.91 Å². The third-order valence-corrected chi connectivity index (χ3v) is 3.14. The SMILES string of the molecule is CCC(C)O[C@@H](OC(C)(C)NC)C(NC(C)=O)[C@@H](C)O. The van der Waals surface area contributed by atoms with E-state index >= 15 is 0 Å². The molecule has 0 aliphatic heterocycles. The quantitative estimate of drug-likeness (QED) is 0.552. The van der Waals surface area contributed by atoms with E-state index in [0.29, 0.717) is 0 Å². The van der Waals surface area contributed by atoms with Crippen LogP contribution < -0.4 is 10.6 Å². The number of ether oxygens (including phenoxy) is 2. The van der Waals surface area contributed by atoms with Crippen LogP contribution in [0.4, 0.5) is 0 Å². The molecule has 3 N–H and O–H groups in total. The van der Waals surface area contributed by atoms with Crippen molar-refractivity contribution in [3.8, 4) is 0 Å². The molecular weight excluding hydrogens is 260 g/mol. The van der Waals surface area contributed by atoms with Crippen LogP contribution in [-0.4, -0.2) is 48.3 Å². The first-order valence-electron chi connectivity index (χ1n) is 7.10. The molecule has 1 amide bonds. The Bertz CT molecular complexity index is 295. The maximum Gasteiger partial charge on any atom is 0.217 e. The van der Waals surface area contributed by atoms with Crippen molar-refractivity contribution in [2.75, 3.05) is 7.05 Å². The Kier molecular flexibility index (Phi) is 8.27. The molecule has 0 aromatic heterocycles. The van der Waals surface area contributed by atoms with E-state index < -0.39 is 24.2 Å². The smallest absolute Gasteiger partial charge is 0.217 e. The first-order valence-corrected chi connectivity index (χ1v) is 7.10. The highest BCUT2D eigenvalue weighted by Crippen LogP contribution is 2.17. The van der Waals surface area contributed by atoms with Gasteiger partial charge in [0.1, 0.15) is 11.8 Å². The van der Waals surface area contributed by atoms with Crippen LogP contribution in [0.5, 0.6) is 0 Å². The lowest BCUT2D eigenvalue weighted by atomic mass is 10.1. The van der Waals surface area contributed by atoms with Crippen molar-refractivity contribution in [2.24, 2.45) is 0 Å². The molecule has 6 heteroatoms. The minimum Gasteiger partial charge on any atom is -0.391 e. The van der Waals surface area contributed by atoms with E-state index in [0.717, 1.165) is 6.42 Å². The Morgan fingerprint density at radius 2 is 1.90 bits per heavy atom. The monoisotopic (exact) mass is 290 g/mol. The summed E-state index contributed by atoms with van der Waals surface area (Å²) in [6.45, 7) is 10.6. The van der Waals surface area contributed by atoms with Gasteiger partial charge in [-0.2, -0.15) is 0 Å². The Morgan fingerprint density at radius 1 is 1.35 bits per heavy atom. The molecule has 0 aromatic carbocycles. The van der Waals surface area contributed by atoms with Gasteiger partial charge in [-0.15, -0.1) is 0 Å². The molecule has 4 atom stereocenters. The summed E-state index contributed by atoms with van der Waals surface area (Å²) in [6, 6.07) is -0.630. The number of hydrogen-bond acceptors (Lipinski definition) is 5. The lowest BCUT2D eigenvalue weighted by molar-refractivity contribution is -0.244. The zero-order chi connectivity index (χ0) is 15.9. The van der Waals surface area contributed by atoms with Gasteiger partial charge in [0.15, 0.2) is 6.29 Å². The molecule has 6 nitrogen and oxygen atoms in total. The molecule has 0 aliphatic carbocycles. The predicted octanol–water partition coefficient (Wildman–Crippen LogP) is 0.985. The predicted molar refractivity (Wildman–Crippen MR) is 78.1 cm³/mol. The van der Waals surface area contributed by atoms with E-state index in [4.69, 9.17) is 9.47 Å². The second-order valence-electron chi connectivity index (χ2n) is 5.57. The summed E-state index contributed by atoms with van der Waals surface area (Å²) >= 11 is 0. The molecule has 0 aliphatic rings. The first-order chi connectivity index (χ1) is 9.12. The number of aliphatic hydroxyl groups excluding tert-OH is 1. The van der Waals surface area contributed by atoms with Crippen LogP contribution in [-0.2, 0) is 14.3 Å². The second kappa shape index (κ2) is 8.56. The number of nitrogens with one attached hydrogen (secondary N) is 2. The third-order valence-electron chi connectivity index (χ3n) is 3.14. The van der Waals surface area contributed by atoms with E-state index in [-0.39, 0.29) is 12.0 Å². The molecule has 20 heavy (non-hydrogen) atoms. The molecule has 0 aromatic rings. The van der Waals surface area contributed by atoms with Crippen LogP contribution in [0.15, 0.2) is 0 Å². The topological polar surface area (TPSA) is 79.8 Å². The van der Waals surface area contributed by atoms with Gasteiger partial charge < -0.3 is 19.9 Å². The van der Waals surface area contributed by atoms with E-state index in [9.17, 15) is 9.90 Å². The number of carbonyl (C=O) groups excluding carboxylic acids is 1. The summed E-state index contributed by atoms with van der Waals surface area (Å²) in [6.07, 6.45) is -0.758. The standard InChI is InChI=1S/C14H30N2O4/c1-8-9(2)19-13(20-14(5,6)15-7)12(10(3)17)16-11(4)18/h9-10,12-13,15,17H,8H2,1-7H3,(H,16,18)/t9?,10-,12?,13+/m1/s1. The molecule has 0 fully saturated rings. The summed E-state index contributed by atoms with van der Waals surface area (Å²) in [5.74, 6) is -0.237. The average molecular weight is 290 g/mol.